The summed E-state index contributed by atoms with van der Waals surface area (Å²) in [4.78, 5) is 2.24. The number of thioether (sulfide) groups is 1. The van der Waals surface area contributed by atoms with Crippen molar-refractivity contribution < 1.29 is 0 Å². The van der Waals surface area contributed by atoms with E-state index in [-0.39, 0.29) is 0 Å². The molecule has 56 valence electrons. The molecule has 0 aliphatic heterocycles. The lowest BCUT2D eigenvalue weighted by Crippen LogP contribution is -2.21. The minimum Gasteiger partial charge on any atom is -0.298 e. The molecule has 0 N–H and O–H groups in total. The van der Waals surface area contributed by atoms with Crippen molar-refractivity contribution in [1.29, 1.82) is 0 Å². The Morgan fingerprint density at radius 2 is 2.00 bits per heavy atom. The van der Waals surface area contributed by atoms with Crippen molar-refractivity contribution in [3.63, 3.8) is 0 Å². The summed E-state index contributed by atoms with van der Waals surface area (Å²) in [6.45, 7) is 4.45. The smallest absolute Gasteiger partial charge is 0.0523 e. The van der Waals surface area contributed by atoms with Crippen molar-refractivity contribution in [2.75, 3.05) is 19.8 Å². The minimum absolute atomic E-state index is 0.671. The molecule has 0 heterocycles. The molecule has 0 aromatic carbocycles. The summed E-state index contributed by atoms with van der Waals surface area (Å²) in [7, 11) is 4.24. The third kappa shape index (κ3) is 4.79. The number of hydrogen-bond donors (Lipinski definition) is 0. The van der Waals surface area contributed by atoms with Crippen LogP contribution in [-0.4, -0.2) is 30.1 Å². The van der Waals surface area contributed by atoms with Crippen LogP contribution in [0.5, 0.6) is 0 Å². The van der Waals surface area contributed by atoms with Gasteiger partial charge in [-0.1, -0.05) is 6.92 Å². The second-order valence-electron chi connectivity index (χ2n) is 2.43. The third-order valence-electron chi connectivity index (χ3n) is 1.29. The van der Waals surface area contributed by atoms with Crippen molar-refractivity contribution in [3.05, 3.63) is 0 Å². The fourth-order valence-corrected chi connectivity index (χ4v) is 1.31. The Bertz CT molecular complexity index is 63.9. The van der Waals surface area contributed by atoms with Crippen LogP contribution in [-0.2, 0) is 0 Å². The molecule has 1 nitrogen and oxygen atoms in total. The van der Waals surface area contributed by atoms with E-state index >= 15 is 0 Å². The molecule has 0 radical (unpaired) electrons. The third-order valence-corrected chi connectivity index (χ3v) is 2.84. The highest BCUT2D eigenvalue weighted by molar-refractivity contribution is 7.99. The molecular formula is C7H17NS. The summed E-state index contributed by atoms with van der Waals surface area (Å²) in [5.74, 6) is 1.28. The van der Waals surface area contributed by atoms with E-state index in [9.17, 15) is 0 Å². The average molecular weight is 147 g/mol. The number of hydrogen-bond acceptors (Lipinski definition) is 2. The fourth-order valence-electron chi connectivity index (χ4n) is 0.437. The summed E-state index contributed by atoms with van der Waals surface area (Å²) in [5, 5.41) is 0.671. The van der Waals surface area contributed by atoms with Gasteiger partial charge in [-0.3, -0.25) is 4.90 Å². The first-order valence-electron chi connectivity index (χ1n) is 3.46. The molecule has 1 atom stereocenters. The Hall–Kier alpha value is 0.310. The second-order valence-corrected chi connectivity index (χ2v) is 3.86. The zero-order valence-corrected chi connectivity index (χ0v) is 7.66. The van der Waals surface area contributed by atoms with Gasteiger partial charge in [0.25, 0.3) is 0 Å². The van der Waals surface area contributed by atoms with E-state index in [4.69, 9.17) is 0 Å². The highest BCUT2D eigenvalue weighted by Gasteiger charge is 2.01. The highest BCUT2D eigenvalue weighted by Crippen LogP contribution is 2.12. The lowest BCUT2D eigenvalue weighted by molar-refractivity contribution is 0.402. The van der Waals surface area contributed by atoms with Crippen LogP contribution < -0.4 is 0 Å². The van der Waals surface area contributed by atoms with Crippen LogP contribution in [0.1, 0.15) is 20.3 Å². The Morgan fingerprint density at radius 3 is 2.33 bits per heavy atom. The van der Waals surface area contributed by atoms with Gasteiger partial charge in [0.05, 0.1) is 5.37 Å². The molecule has 0 fully saturated rings. The van der Waals surface area contributed by atoms with Gasteiger partial charge in [-0.2, -0.15) is 0 Å². The van der Waals surface area contributed by atoms with Crippen LogP contribution in [0.3, 0.4) is 0 Å². The van der Waals surface area contributed by atoms with Gasteiger partial charge in [0.2, 0.25) is 0 Å². The van der Waals surface area contributed by atoms with Crippen LogP contribution in [0.15, 0.2) is 0 Å². The summed E-state index contributed by atoms with van der Waals surface area (Å²) in [6.07, 6.45) is 1.28. The number of rotatable bonds is 4. The molecule has 0 aliphatic rings. The van der Waals surface area contributed by atoms with Gasteiger partial charge in [0.1, 0.15) is 0 Å². The predicted molar refractivity (Wildman–Crippen MR) is 45.9 cm³/mol. The first-order chi connectivity index (χ1) is 4.18. The molecular weight excluding hydrogens is 130 g/mol. The Morgan fingerprint density at radius 1 is 1.44 bits per heavy atom. The molecule has 9 heavy (non-hydrogen) atoms. The standard InChI is InChI=1S/C7H17NS/c1-5-6-9-7(2)8(3)4/h7H,5-6H2,1-4H3/t7-/m1/s1. The van der Waals surface area contributed by atoms with Crippen LogP contribution in [0.2, 0.25) is 0 Å². The fraction of sp³-hybridized carbons (Fsp3) is 1.00. The van der Waals surface area contributed by atoms with Crippen molar-refractivity contribution in [1.82, 2.24) is 4.90 Å². The molecule has 2 heteroatoms. The lowest BCUT2D eigenvalue weighted by Gasteiger charge is -2.18. The second kappa shape index (κ2) is 5.12. The molecule has 0 saturated carbocycles. The van der Waals surface area contributed by atoms with E-state index < -0.39 is 0 Å². The molecule has 0 rings (SSSR count). The molecule has 0 aromatic heterocycles. The van der Waals surface area contributed by atoms with Gasteiger partial charge in [-0.25, -0.2) is 0 Å². The van der Waals surface area contributed by atoms with E-state index in [0.29, 0.717) is 5.37 Å². The monoisotopic (exact) mass is 147 g/mol. The normalized spacial score (nSPS) is 14.3. The maximum Gasteiger partial charge on any atom is 0.0523 e. The maximum atomic E-state index is 2.24. The van der Waals surface area contributed by atoms with Crippen molar-refractivity contribution >= 4 is 11.8 Å². The van der Waals surface area contributed by atoms with Gasteiger partial charge in [-0.05, 0) is 33.2 Å². The Kier molecular flexibility index (Phi) is 5.30. The molecule has 0 spiro atoms. The minimum atomic E-state index is 0.671. The van der Waals surface area contributed by atoms with Gasteiger partial charge in [-0.15, -0.1) is 11.8 Å². The lowest BCUT2D eigenvalue weighted by atomic mass is 10.6. The van der Waals surface area contributed by atoms with Gasteiger partial charge < -0.3 is 0 Å². The maximum absolute atomic E-state index is 2.24. The molecule has 0 unspecified atom stereocenters. The molecule has 0 saturated heterocycles. The molecule has 0 aromatic rings. The summed E-state index contributed by atoms with van der Waals surface area (Å²) in [5.41, 5.74) is 0. The Labute approximate surface area is 62.8 Å². The van der Waals surface area contributed by atoms with Crippen molar-refractivity contribution in [2.24, 2.45) is 0 Å². The van der Waals surface area contributed by atoms with Crippen LogP contribution in [0, 0.1) is 0 Å². The quantitative estimate of drug-likeness (QED) is 0.560. The Balaban J connectivity index is 3.16. The molecule has 0 amide bonds. The molecule has 0 aliphatic carbocycles. The summed E-state index contributed by atoms with van der Waals surface area (Å²) < 4.78 is 0. The average Bonchev–Trinajstić information content (AvgIpc) is 1.82. The van der Waals surface area contributed by atoms with E-state index in [2.05, 4.69) is 32.8 Å². The molecule has 0 bridgehead atoms. The van der Waals surface area contributed by atoms with Gasteiger partial charge in [0.15, 0.2) is 0 Å². The van der Waals surface area contributed by atoms with Crippen molar-refractivity contribution in [2.45, 2.75) is 25.6 Å². The van der Waals surface area contributed by atoms with Crippen LogP contribution >= 0.6 is 11.8 Å². The first-order valence-corrected chi connectivity index (χ1v) is 4.51. The topological polar surface area (TPSA) is 3.24 Å². The van der Waals surface area contributed by atoms with E-state index in [1.54, 1.807) is 0 Å². The van der Waals surface area contributed by atoms with Crippen LogP contribution in [0.4, 0.5) is 0 Å². The van der Waals surface area contributed by atoms with Crippen LogP contribution in [0.25, 0.3) is 0 Å². The van der Waals surface area contributed by atoms with Gasteiger partial charge in [0, 0.05) is 0 Å². The number of nitrogens with zero attached hydrogens (tertiary/aromatic N) is 1. The summed E-state index contributed by atoms with van der Waals surface area (Å²) >= 11 is 2.01. The SMILES string of the molecule is CCCS[C@H](C)N(C)C. The zero-order valence-electron chi connectivity index (χ0n) is 6.85. The summed E-state index contributed by atoms with van der Waals surface area (Å²) in [6, 6.07) is 0. The first kappa shape index (κ1) is 9.31. The highest BCUT2D eigenvalue weighted by atomic mass is 32.2. The van der Waals surface area contributed by atoms with Gasteiger partial charge >= 0.3 is 0 Å². The van der Waals surface area contributed by atoms with E-state index in [1.165, 1.54) is 12.2 Å². The van der Waals surface area contributed by atoms with E-state index in [1.807, 2.05) is 11.8 Å². The zero-order chi connectivity index (χ0) is 7.28. The largest absolute Gasteiger partial charge is 0.298 e. The van der Waals surface area contributed by atoms with E-state index in [0.717, 1.165) is 0 Å². The predicted octanol–water partition coefficient (Wildman–Crippen LogP) is 2.04. The van der Waals surface area contributed by atoms with Crippen molar-refractivity contribution in [3.8, 4) is 0 Å².